The second kappa shape index (κ2) is 6.09. The van der Waals surface area contributed by atoms with Gasteiger partial charge in [-0.15, -0.1) is 0 Å². The maximum absolute atomic E-state index is 12.1. The molecule has 5 nitrogen and oxygen atoms in total. The summed E-state index contributed by atoms with van der Waals surface area (Å²) in [6.45, 7) is 2.02. The number of carboxylic acids is 1. The highest BCUT2D eigenvalue weighted by Crippen LogP contribution is 2.27. The number of aryl methyl sites for hydroxylation is 1. The number of nitrogens with one attached hydrogen (secondary N) is 1. The second-order valence-electron chi connectivity index (χ2n) is 4.51. The van der Waals surface area contributed by atoms with Crippen LogP contribution in [0.15, 0.2) is 42.5 Å². The first-order valence-electron chi connectivity index (χ1n) is 6.48. The summed E-state index contributed by atoms with van der Waals surface area (Å²) < 4.78 is 0. The third kappa shape index (κ3) is 3.20. The SMILES string of the molecule is CCc1ccc(C(=O)Nc2cccc(C(=O)O)c2O)cc1. The average Bonchev–Trinajstić information content (AvgIpc) is 2.49. The molecular formula is C16H15NO4. The number of amides is 1. The molecule has 0 spiro atoms. The average molecular weight is 285 g/mol. The van der Waals surface area contributed by atoms with E-state index in [-0.39, 0.29) is 11.3 Å². The first-order valence-corrected chi connectivity index (χ1v) is 6.48. The van der Waals surface area contributed by atoms with Crippen molar-refractivity contribution in [1.82, 2.24) is 0 Å². The van der Waals surface area contributed by atoms with Crippen molar-refractivity contribution in [2.75, 3.05) is 5.32 Å². The van der Waals surface area contributed by atoms with Crippen molar-refractivity contribution in [3.63, 3.8) is 0 Å². The molecule has 0 bridgehead atoms. The number of phenols is 1. The molecule has 0 heterocycles. The van der Waals surface area contributed by atoms with Crippen molar-refractivity contribution in [3.8, 4) is 5.75 Å². The Kier molecular flexibility index (Phi) is 4.23. The van der Waals surface area contributed by atoms with Crippen LogP contribution in [-0.4, -0.2) is 22.1 Å². The van der Waals surface area contributed by atoms with Crippen LogP contribution < -0.4 is 5.32 Å². The lowest BCUT2D eigenvalue weighted by Crippen LogP contribution is -2.12. The molecule has 0 aliphatic carbocycles. The molecule has 2 aromatic carbocycles. The van der Waals surface area contributed by atoms with Crippen molar-refractivity contribution in [2.24, 2.45) is 0 Å². The van der Waals surface area contributed by atoms with Gasteiger partial charge in [-0.2, -0.15) is 0 Å². The summed E-state index contributed by atoms with van der Waals surface area (Å²) in [5.41, 5.74) is 1.36. The van der Waals surface area contributed by atoms with Crippen LogP contribution in [0.2, 0.25) is 0 Å². The minimum absolute atomic E-state index is 0.0690. The monoisotopic (exact) mass is 285 g/mol. The zero-order valence-corrected chi connectivity index (χ0v) is 11.5. The van der Waals surface area contributed by atoms with E-state index in [0.717, 1.165) is 12.0 Å². The Labute approximate surface area is 121 Å². The fourth-order valence-electron chi connectivity index (χ4n) is 1.90. The van der Waals surface area contributed by atoms with Crippen molar-refractivity contribution in [3.05, 3.63) is 59.2 Å². The van der Waals surface area contributed by atoms with Gasteiger partial charge in [-0.1, -0.05) is 25.1 Å². The molecule has 5 heteroatoms. The number of hydrogen-bond acceptors (Lipinski definition) is 3. The van der Waals surface area contributed by atoms with E-state index in [0.29, 0.717) is 5.56 Å². The maximum Gasteiger partial charge on any atom is 0.339 e. The predicted molar refractivity (Wildman–Crippen MR) is 78.8 cm³/mol. The highest BCUT2D eigenvalue weighted by molar-refractivity contribution is 6.06. The van der Waals surface area contributed by atoms with Gasteiger partial charge in [-0.3, -0.25) is 4.79 Å². The quantitative estimate of drug-likeness (QED) is 0.754. The Hall–Kier alpha value is -2.82. The van der Waals surface area contributed by atoms with Crippen LogP contribution in [0, 0.1) is 0 Å². The Balaban J connectivity index is 2.23. The van der Waals surface area contributed by atoms with Gasteiger partial charge in [-0.05, 0) is 36.2 Å². The van der Waals surface area contributed by atoms with Crippen LogP contribution >= 0.6 is 0 Å². The van der Waals surface area contributed by atoms with Gasteiger partial charge in [0.05, 0.1) is 5.69 Å². The third-order valence-corrected chi connectivity index (χ3v) is 3.14. The normalized spacial score (nSPS) is 10.1. The summed E-state index contributed by atoms with van der Waals surface area (Å²) in [5.74, 6) is -2.12. The molecule has 2 rings (SSSR count). The van der Waals surface area contributed by atoms with Gasteiger partial charge in [0, 0.05) is 5.56 Å². The molecular weight excluding hydrogens is 270 g/mol. The molecule has 0 aliphatic rings. The standard InChI is InChI=1S/C16H15NO4/c1-2-10-6-8-11(9-7-10)15(19)17-13-5-3-4-12(14(13)18)16(20)21/h3-9,18H,2H2,1H3,(H,17,19)(H,20,21). The lowest BCUT2D eigenvalue weighted by molar-refractivity contribution is 0.0693. The lowest BCUT2D eigenvalue weighted by atomic mass is 10.1. The topological polar surface area (TPSA) is 86.6 Å². The Morgan fingerprint density at radius 2 is 1.76 bits per heavy atom. The van der Waals surface area contributed by atoms with Crippen molar-refractivity contribution >= 4 is 17.6 Å². The number of carbonyl (C=O) groups excluding carboxylic acids is 1. The highest BCUT2D eigenvalue weighted by Gasteiger charge is 2.15. The minimum atomic E-state index is -1.25. The number of carbonyl (C=O) groups is 2. The Morgan fingerprint density at radius 1 is 1.10 bits per heavy atom. The van der Waals surface area contributed by atoms with E-state index in [1.807, 2.05) is 19.1 Å². The van der Waals surface area contributed by atoms with Gasteiger partial charge < -0.3 is 15.5 Å². The Bertz CT molecular complexity index is 677. The molecule has 0 saturated carbocycles. The van der Waals surface area contributed by atoms with Crippen LogP contribution in [0.1, 0.15) is 33.2 Å². The van der Waals surface area contributed by atoms with E-state index >= 15 is 0 Å². The number of carboxylic acid groups (broad SMARTS) is 1. The first kappa shape index (κ1) is 14.6. The van der Waals surface area contributed by atoms with Crippen LogP contribution in [0.3, 0.4) is 0 Å². The summed E-state index contributed by atoms with van der Waals surface area (Å²) in [7, 11) is 0. The van der Waals surface area contributed by atoms with Gasteiger partial charge in [0.15, 0.2) is 5.75 Å². The fraction of sp³-hybridized carbons (Fsp3) is 0.125. The fourth-order valence-corrected chi connectivity index (χ4v) is 1.90. The zero-order chi connectivity index (χ0) is 15.4. The second-order valence-corrected chi connectivity index (χ2v) is 4.51. The summed E-state index contributed by atoms with van der Waals surface area (Å²) in [5, 5.41) is 21.3. The summed E-state index contributed by atoms with van der Waals surface area (Å²) in [6, 6.07) is 11.2. The van der Waals surface area contributed by atoms with Crippen molar-refractivity contribution < 1.29 is 19.8 Å². The molecule has 0 atom stereocenters. The number of benzene rings is 2. The summed E-state index contributed by atoms with van der Waals surface area (Å²) >= 11 is 0. The number of rotatable bonds is 4. The van der Waals surface area contributed by atoms with E-state index < -0.39 is 17.6 Å². The largest absolute Gasteiger partial charge is 0.505 e. The third-order valence-electron chi connectivity index (χ3n) is 3.14. The predicted octanol–water partition coefficient (Wildman–Crippen LogP) is 2.91. The van der Waals surface area contributed by atoms with Gasteiger partial charge in [0.2, 0.25) is 0 Å². The molecule has 2 aromatic rings. The van der Waals surface area contributed by atoms with Gasteiger partial charge in [0.1, 0.15) is 5.56 Å². The number of aromatic hydroxyl groups is 1. The molecule has 0 saturated heterocycles. The maximum atomic E-state index is 12.1. The van der Waals surface area contributed by atoms with Gasteiger partial charge in [0.25, 0.3) is 5.91 Å². The zero-order valence-electron chi connectivity index (χ0n) is 11.5. The van der Waals surface area contributed by atoms with E-state index in [1.54, 1.807) is 12.1 Å². The summed E-state index contributed by atoms with van der Waals surface area (Å²) in [4.78, 5) is 23.0. The van der Waals surface area contributed by atoms with Crippen molar-refractivity contribution in [2.45, 2.75) is 13.3 Å². The molecule has 0 unspecified atom stereocenters. The lowest BCUT2D eigenvalue weighted by Gasteiger charge is -2.09. The number of anilines is 1. The molecule has 0 aromatic heterocycles. The molecule has 0 radical (unpaired) electrons. The van der Waals surface area contributed by atoms with Crippen LogP contribution in [0.5, 0.6) is 5.75 Å². The van der Waals surface area contributed by atoms with E-state index in [4.69, 9.17) is 5.11 Å². The summed E-state index contributed by atoms with van der Waals surface area (Å²) in [6.07, 6.45) is 0.878. The number of hydrogen-bond donors (Lipinski definition) is 3. The molecule has 108 valence electrons. The molecule has 3 N–H and O–H groups in total. The van der Waals surface area contributed by atoms with Crippen LogP contribution in [0.25, 0.3) is 0 Å². The van der Waals surface area contributed by atoms with Gasteiger partial charge in [-0.25, -0.2) is 4.79 Å². The molecule has 0 aliphatic heterocycles. The number of para-hydroxylation sites is 1. The van der Waals surface area contributed by atoms with Crippen LogP contribution in [0.4, 0.5) is 5.69 Å². The molecule has 21 heavy (non-hydrogen) atoms. The molecule has 1 amide bonds. The number of aromatic carboxylic acids is 1. The Morgan fingerprint density at radius 3 is 2.33 bits per heavy atom. The minimum Gasteiger partial charge on any atom is -0.505 e. The van der Waals surface area contributed by atoms with E-state index in [1.165, 1.54) is 18.2 Å². The molecule has 0 fully saturated rings. The highest BCUT2D eigenvalue weighted by atomic mass is 16.4. The van der Waals surface area contributed by atoms with Crippen molar-refractivity contribution in [1.29, 1.82) is 0 Å². The van der Waals surface area contributed by atoms with Crippen LogP contribution in [-0.2, 0) is 6.42 Å². The van der Waals surface area contributed by atoms with E-state index in [9.17, 15) is 14.7 Å². The van der Waals surface area contributed by atoms with Gasteiger partial charge >= 0.3 is 5.97 Å². The smallest absolute Gasteiger partial charge is 0.339 e. The van der Waals surface area contributed by atoms with E-state index in [2.05, 4.69) is 5.32 Å². The first-order chi connectivity index (χ1) is 10.0.